The Hall–Kier alpha value is -1.98. The lowest BCUT2D eigenvalue weighted by molar-refractivity contribution is -0.340. The van der Waals surface area contributed by atoms with Gasteiger partial charge in [-0.15, -0.1) is 12.3 Å². The highest BCUT2D eigenvalue weighted by atomic mass is 16.7. The van der Waals surface area contributed by atoms with Crippen LogP contribution in [0.1, 0.15) is 19.8 Å². The molecule has 220 valence electrons. The second-order valence-electron chi connectivity index (χ2n) is 8.74. The third kappa shape index (κ3) is 9.34. The monoisotopic (exact) mass is 555 g/mol. The molecule has 10 N–H and O–H groups in total. The normalized spacial score (nSPS) is 36.6. The fourth-order valence-corrected chi connectivity index (χ4v) is 3.93. The minimum absolute atomic E-state index is 0.0232. The second-order valence-corrected chi connectivity index (χ2v) is 8.74. The van der Waals surface area contributed by atoms with Crippen LogP contribution in [0.4, 0.5) is 0 Å². The van der Waals surface area contributed by atoms with Crippen molar-refractivity contribution in [3.05, 3.63) is 0 Å². The molecule has 0 aromatic heterocycles. The predicted octanol–water partition coefficient (Wildman–Crippen LogP) is -5.39. The largest absolute Gasteiger partial charge is 0.483 e. The van der Waals surface area contributed by atoms with Gasteiger partial charge in [-0.25, -0.2) is 0 Å². The number of amides is 1. The molecule has 0 aliphatic carbocycles. The molecule has 6 unspecified atom stereocenters. The number of carboxylic acid groups (broad SMARTS) is 1. The molecule has 2 heterocycles. The summed E-state index contributed by atoms with van der Waals surface area (Å²) in [6.45, 7) is -1.03. The highest BCUT2D eigenvalue weighted by Crippen LogP contribution is 2.34. The molecular weight excluding hydrogens is 518 g/mol. The van der Waals surface area contributed by atoms with Gasteiger partial charge in [0, 0.05) is 12.8 Å². The zero-order valence-corrected chi connectivity index (χ0v) is 20.6. The Morgan fingerprint density at radius 2 is 1.84 bits per heavy atom. The highest BCUT2D eigenvalue weighted by Gasteiger charge is 2.51. The van der Waals surface area contributed by atoms with Crippen LogP contribution >= 0.6 is 0 Å². The molecular formula is C22H37NO15. The van der Waals surface area contributed by atoms with Gasteiger partial charge in [-0.1, -0.05) is 0 Å². The van der Waals surface area contributed by atoms with E-state index in [-0.39, 0.29) is 25.9 Å². The van der Waals surface area contributed by atoms with Crippen LogP contribution in [0.2, 0.25) is 0 Å². The Morgan fingerprint density at radius 1 is 1.21 bits per heavy atom. The molecule has 2 rings (SSSR count). The van der Waals surface area contributed by atoms with Crippen LogP contribution in [0, 0.1) is 12.3 Å². The number of terminal acetylenes is 1. The van der Waals surface area contributed by atoms with Gasteiger partial charge in [0.2, 0.25) is 5.91 Å². The number of hydrogen-bond acceptors (Lipinski definition) is 14. The number of carbonyl (C=O) groups excluding carboxylic acids is 1. The summed E-state index contributed by atoms with van der Waals surface area (Å²) in [5.41, 5.74) is 0. The van der Waals surface area contributed by atoms with Gasteiger partial charge in [0.15, 0.2) is 12.1 Å². The fraction of sp³-hybridized carbons (Fsp3) is 0.818. The molecule has 0 radical (unpaired) electrons. The van der Waals surface area contributed by atoms with E-state index >= 15 is 0 Å². The second kappa shape index (κ2) is 16.2. The summed E-state index contributed by atoms with van der Waals surface area (Å²) in [6, 6.07) is -1.27. The Morgan fingerprint density at radius 3 is 2.39 bits per heavy atom. The number of carbonyl (C=O) groups is 2. The van der Waals surface area contributed by atoms with Gasteiger partial charge >= 0.3 is 0 Å². The molecule has 2 aliphatic rings. The summed E-state index contributed by atoms with van der Waals surface area (Å²) in [6.07, 6.45) is -8.52. The van der Waals surface area contributed by atoms with Crippen molar-refractivity contribution < 1.29 is 74.5 Å². The van der Waals surface area contributed by atoms with Crippen molar-refractivity contribution in [3.8, 4) is 12.3 Å². The molecule has 2 aliphatic heterocycles. The number of ether oxygens (including phenoxy) is 4. The van der Waals surface area contributed by atoms with Crippen molar-refractivity contribution >= 4 is 12.4 Å². The maximum absolute atomic E-state index is 11.7. The van der Waals surface area contributed by atoms with Gasteiger partial charge < -0.3 is 70.2 Å². The van der Waals surface area contributed by atoms with Crippen LogP contribution in [0.3, 0.4) is 0 Å². The molecule has 38 heavy (non-hydrogen) atoms. The minimum atomic E-state index is -1.77. The van der Waals surface area contributed by atoms with E-state index in [1.165, 1.54) is 6.92 Å². The first-order valence-electron chi connectivity index (χ1n) is 11.6. The predicted molar refractivity (Wildman–Crippen MR) is 123 cm³/mol. The molecule has 0 aromatic carbocycles. The van der Waals surface area contributed by atoms with Gasteiger partial charge in [0.05, 0.1) is 32.0 Å². The van der Waals surface area contributed by atoms with Crippen molar-refractivity contribution in [2.45, 2.75) is 86.7 Å². The van der Waals surface area contributed by atoms with Crippen molar-refractivity contribution in [2.75, 3.05) is 26.4 Å². The summed E-state index contributed by atoms with van der Waals surface area (Å²) >= 11 is 0. The maximum Gasteiger partial charge on any atom is 0.290 e. The highest BCUT2D eigenvalue weighted by molar-refractivity contribution is 5.77. The summed E-state index contributed by atoms with van der Waals surface area (Å²) in [5, 5.41) is 88.9. The Kier molecular flexibility index (Phi) is 14.5. The van der Waals surface area contributed by atoms with Crippen LogP contribution in [0.5, 0.6) is 0 Å². The zero-order chi connectivity index (χ0) is 29.0. The van der Waals surface area contributed by atoms with Crippen LogP contribution in [0.15, 0.2) is 0 Å². The quantitative estimate of drug-likeness (QED) is 0.0648. The molecule has 1 amide bonds. The van der Waals surface area contributed by atoms with E-state index in [0.717, 1.165) is 0 Å². The fourth-order valence-electron chi connectivity index (χ4n) is 3.93. The summed E-state index contributed by atoms with van der Waals surface area (Å²) in [5.74, 6) is -0.195. The first kappa shape index (κ1) is 34.0. The molecule has 16 heteroatoms. The van der Waals surface area contributed by atoms with Gasteiger partial charge in [-0.05, 0) is 6.92 Å². The third-order valence-electron chi connectivity index (χ3n) is 5.87. The molecule has 0 saturated carbocycles. The van der Waals surface area contributed by atoms with E-state index in [0.29, 0.717) is 0 Å². The lowest BCUT2D eigenvalue weighted by Gasteiger charge is -2.48. The summed E-state index contributed by atoms with van der Waals surface area (Å²) in [7, 11) is 0. The number of nitrogens with one attached hydrogen (secondary N) is 1. The molecule has 0 bridgehead atoms. The zero-order valence-electron chi connectivity index (χ0n) is 20.6. The third-order valence-corrected chi connectivity index (χ3v) is 5.87. The van der Waals surface area contributed by atoms with Crippen LogP contribution in [-0.2, 0) is 28.5 Å². The molecule has 16 nitrogen and oxygen atoms in total. The Labute approximate surface area is 218 Å². The van der Waals surface area contributed by atoms with Crippen molar-refractivity contribution in [1.82, 2.24) is 5.32 Å². The Balaban J connectivity index is 0.00000229. The van der Waals surface area contributed by atoms with Gasteiger partial charge in [-0.2, -0.15) is 0 Å². The minimum Gasteiger partial charge on any atom is -0.483 e. The number of rotatable bonds is 11. The van der Waals surface area contributed by atoms with Crippen LogP contribution < -0.4 is 5.32 Å². The summed E-state index contributed by atoms with van der Waals surface area (Å²) in [4.78, 5) is 20.0. The van der Waals surface area contributed by atoms with Crippen molar-refractivity contribution in [2.24, 2.45) is 0 Å². The molecule has 11 atom stereocenters. The van der Waals surface area contributed by atoms with Gasteiger partial charge in [0.1, 0.15) is 49.3 Å². The van der Waals surface area contributed by atoms with E-state index in [2.05, 4.69) is 11.2 Å². The molecule has 2 saturated heterocycles. The maximum atomic E-state index is 11.7. The Bertz CT molecular complexity index is 766. The first-order valence-corrected chi connectivity index (χ1v) is 11.6. The average Bonchev–Trinajstić information content (AvgIpc) is 2.89. The smallest absolute Gasteiger partial charge is 0.290 e. The van der Waals surface area contributed by atoms with Gasteiger partial charge in [-0.3, -0.25) is 9.59 Å². The van der Waals surface area contributed by atoms with Crippen molar-refractivity contribution in [3.63, 3.8) is 0 Å². The number of aliphatic hydroxyl groups is 8. The van der Waals surface area contributed by atoms with Crippen LogP contribution in [-0.4, -0.2) is 152 Å². The van der Waals surface area contributed by atoms with E-state index < -0.39 is 92.7 Å². The van der Waals surface area contributed by atoms with E-state index in [1.807, 2.05) is 0 Å². The van der Waals surface area contributed by atoms with E-state index in [9.17, 15) is 40.5 Å². The number of hydrogen-bond donors (Lipinski definition) is 10. The topological polar surface area (TPSA) is 265 Å². The van der Waals surface area contributed by atoms with E-state index in [1.54, 1.807) is 0 Å². The van der Waals surface area contributed by atoms with Crippen LogP contribution in [0.25, 0.3) is 0 Å². The first-order chi connectivity index (χ1) is 17.9. The average molecular weight is 556 g/mol. The van der Waals surface area contributed by atoms with Crippen molar-refractivity contribution in [1.29, 1.82) is 0 Å². The molecule has 2 fully saturated rings. The standard InChI is InChI=1S/C21H35NO13.CH2O2/c1-3-4-5-32-20-18(31)17(30)16(29)12(34-20)9-33-21(2)6-10(25)14(22-13(27)8-24)19(35-21)15(28)11(26)7-23;2-1-3/h1,10-12,14-20,23-26,28-31H,4-9H2,2H3,(H,22,27);1H,(H,2,3)/t10-,11+,12?,14?,15?,16?,17?,18+,19+,20?,21+;/m0./s1. The SMILES string of the molecule is C#CCCOC1OC(CO[C@@]2(C)C[C@H](O)C(NC(=O)CO)[C@H](C(O)[C@H](O)CO)O2)C(O)C(O)[C@H]1O.O=CO. The molecule has 0 aromatic rings. The lowest BCUT2D eigenvalue weighted by Crippen LogP contribution is -2.66. The molecule has 0 spiro atoms. The lowest BCUT2D eigenvalue weighted by atomic mass is 9.89. The number of aliphatic hydroxyl groups excluding tert-OH is 8. The van der Waals surface area contributed by atoms with Gasteiger partial charge in [0.25, 0.3) is 6.47 Å². The van der Waals surface area contributed by atoms with E-state index in [4.69, 9.17) is 40.4 Å². The summed E-state index contributed by atoms with van der Waals surface area (Å²) < 4.78 is 22.3.